The molecule has 0 bridgehead atoms. The maximum atomic E-state index is 12.4. The van der Waals surface area contributed by atoms with E-state index in [9.17, 15) is 9.59 Å². The minimum absolute atomic E-state index is 0.0628. The summed E-state index contributed by atoms with van der Waals surface area (Å²) in [6.45, 7) is 0.0628. The molecule has 4 rings (SSSR count). The Morgan fingerprint density at radius 1 is 1.00 bits per heavy atom. The van der Waals surface area contributed by atoms with Crippen LogP contribution in [0.5, 0.6) is 5.75 Å². The van der Waals surface area contributed by atoms with Crippen molar-refractivity contribution in [3.05, 3.63) is 94.0 Å². The fraction of sp³-hybridized carbons (Fsp3) is 0.160. The van der Waals surface area contributed by atoms with Crippen molar-refractivity contribution in [3.63, 3.8) is 0 Å². The fourth-order valence-corrected chi connectivity index (χ4v) is 4.05. The number of amides is 1. The number of halogens is 2. The van der Waals surface area contributed by atoms with Crippen molar-refractivity contribution in [1.29, 1.82) is 0 Å². The van der Waals surface area contributed by atoms with Crippen LogP contribution in [-0.2, 0) is 11.2 Å². The topological polar surface area (TPSA) is 67.8 Å². The van der Waals surface area contributed by atoms with Crippen LogP contribution in [0.2, 0.25) is 10.0 Å². The van der Waals surface area contributed by atoms with Gasteiger partial charge >= 0.3 is 0 Å². The third-order valence-electron chi connectivity index (χ3n) is 5.12. The lowest BCUT2D eigenvalue weighted by atomic mass is 9.90. The first-order chi connectivity index (χ1) is 15.5. The molecule has 5 nitrogen and oxygen atoms in total. The number of rotatable bonds is 5. The molecule has 3 aromatic rings. The van der Waals surface area contributed by atoms with Crippen molar-refractivity contribution in [3.8, 4) is 5.75 Å². The standard InChI is InChI=1S/C25H20Cl2N2O3/c26-20-13-19(29-25(31)17-9-5-2-6-10-17)14-21(27)24(20)32-23-12-18(22(30)15-28-23)11-16-7-3-1-4-8-16/h1-10,13-14,18H,11-12,15H2,(H,29,31). The van der Waals surface area contributed by atoms with Gasteiger partial charge in [0.1, 0.15) is 6.54 Å². The molecule has 1 unspecified atom stereocenters. The van der Waals surface area contributed by atoms with Gasteiger partial charge in [-0.25, -0.2) is 4.99 Å². The number of Topliss-reactive ketones (excluding diaryl/α,β-unsaturated/α-hetero) is 1. The second-order valence-electron chi connectivity index (χ2n) is 7.46. The first-order valence-corrected chi connectivity index (χ1v) is 10.9. The summed E-state index contributed by atoms with van der Waals surface area (Å²) in [5.74, 6) is 0.252. The van der Waals surface area contributed by atoms with E-state index in [1.54, 1.807) is 36.4 Å². The van der Waals surface area contributed by atoms with Gasteiger partial charge in [0.2, 0.25) is 0 Å². The highest BCUT2D eigenvalue weighted by molar-refractivity contribution is 6.38. The average molecular weight is 467 g/mol. The van der Waals surface area contributed by atoms with E-state index in [0.29, 0.717) is 30.0 Å². The number of carbonyl (C=O) groups is 2. The molecule has 32 heavy (non-hydrogen) atoms. The normalized spacial score (nSPS) is 15.8. The molecule has 0 saturated heterocycles. The number of carbonyl (C=O) groups excluding carboxylic acids is 2. The Morgan fingerprint density at radius 2 is 1.62 bits per heavy atom. The second-order valence-corrected chi connectivity index (χ2v) is 8.27. The molecule has 1 amide bonds. The molecule has 1 aliphatic heterocycles. The number of aliphatic imine (C=N–C) groups is 1. The Hall–Kier alpha value is -3.15. The Bertz CT molecular complexity index is 1140. The van der Waals surface area contributed by atoms with Gasteiger partial charge in [-0.15, -0.1) is 0 Å². The molecular weight excluding hydrogens is 447 g/mol. The minimum Gasteiger partial charge on any atom is -0.440 e. The number of anilines is 1. The number of benzene rings is 3. The molecule has 0 aromatic heterocycles. The number of ether oxygens (including phenoxy) is 1. The first-order valence-electron chi connectivity index (χ1n) is 10.1. The molecule has 0 aliphatic carbocycles. The summed E-state index contributed by atoms with van der Waals surface area (Å²) in [4.78, 5) is 29.0. The Kier molecular flexibility index (Phi) is 6.88. The molecule has 0 radical (unpaired) electrons. The van der Waals surface area contributed by atoms with Crippen LogP contribution in [0.4, 0.5) is 5.69 Å². The highest BCUT2D eigenvalue weighted by Gasteiger charge is 2.27. The zero-order chi connectivity index (χ0) is 22.5. The van der Waals surface area contributed by atoms with Crippen molar-refractivity contribution in [2.75, 3.05) is 11.9 Å². The molecule has 162 valence electrons. The molecule has 3 aromatic carbocycles. The SMILES string of the molecule is O=C(Nc1cc(Cl)c(OC2=NCC(=O)C(Cc3ccccc3)C2)c(Cl)c1)c1ccccc1. The van der Waals surface area contributed by atoms with E-state index < -0.39 is 0 Å². The highest BCUT2D eigenvalue weighted by atomic mass is 35.5. The molecule has 0 fully saturated rings. The molecule has 1 heterocycles. The monoisotopic (exact) mass is 466 g/mol. The van der Waals surface area contributed by atoms with E-state index in [-0.39, 0.29) is 39.9 Å². The molecule has 1 aliphatic rings. The van der Waals surface area contributed by atoms with Crippen molar-refractivity contribution in [2.24, 2.45) is 10.9 Å². The smallest absolute Gasteiger partial charge is 0.255 e. The third kappa shape index (κ3) is 5.36. The van der Waals surface area contributed by atoms with Crippen molar-refractivity contribution in [1.82, 2.24) is 0 Å². The number of ketones is 1. The molecule has 1 atom stereocenters. The van der Waals surface area contributed by atoms with Gasteiger partial charge in [-0.05, 0) is 36.2 Å². The van der Waals surface area contributed by atoms with Gasteiger partial charge in [0.05, 0.1) is 10.0 Å². The van der Waals surface area contributed by atoms with E-state index in [0.717, 1.165) is 5.56 Å². The van der Waals surface area contributed by atoms with Crippen LogP contribution in [0, 0.1) is 5.92 Å². The van der Waals surface area contributed by atoms with Gasteiger partial charge in [0, 0.05) is 23.6 Å². The van der Waals surface area contributed by atoms with Crippen molar-refractivity contribution < 1.29 is 14.3 Å². The largest absolute Gasteiger partial charge is 0.440 e. The van der Waals surface area contributed by atoms with E-state index in [1.165, 1.54) is 0 Å². The van der Waals surface area contributed by atoms with Gasteiger partial charge in [0.25, 0.3) is 5.91 Å². The summed E-state index contributed by atoms with van der Waals surface area (Å²) in [6, 6.07) is 21.8. The molecular formula is C25H20Cl2N2O3. The van der Waals surface area contributed by atoms with Crippen LogP contribution in [0.3, 0.4) is 0 Å². The molecule has 0 saturated carbocycles. The van der Waals surface area contributed by atoms with E-state index >= 15 is 0 Å². The van der Waals surface area contributed by atoms with Crippen LogP contribution < -0.4 is 10.1 Å². The zero-order valence-corrected chi connectivity index (χ0v) is 18.6. The highest BCUT2D eigenvalue weighted by Crippen LogP contribution is 2.37. The van der Waals surface area contributed by atoms with Gasteiger partial charge < -0.3 is 10.1 Å². The van der Waals surface area contributed by atoms with Gasteiger partial charge in [-0.3, -0.25) is 9.59 Å². The van der Waals surface area contributed by atoms with Crippen LogP contribution in [0.1, 0.15) is 22.3 Å². The quantitative estimate of drug-likeness (QED) is 0.512. The second kappa shape index (κ2) is 9.98. The molecule has 0 spiro atoms. The lowest BCUT2D eigenvalue weighted by Gasteiger charge is -2.22. The van der Waals surface area contributed by atoms with Crippen molar-refractivity contribution in [2.45, 2.75) is 12.8 Å². The van der Waals surface area contributed by atoms with Gasteiger partial charge in [-0.1, -0.05) is 71.7 Å². The number of hydrogen-bond acceptors (Lipinski definition) is 4. The van der Waals surface area contributed by atoms with Crippen molar-refractivity contribution >= 4 is 46.5 Å². The predicted octanol–water partition coefficient (Wildman–Crippen LogP) is 5.85. The summed E-state index contributed by atoms with van der Waals surface area (Å²) in [5, 5.41) is 3.24. The summed E-state index contributed by atoms with van der Waals surface area (Å²) in [5.41, 5.74) is 2.05. The van der Waals surface area contributed by atoms with E-state index in [1.807, 2.05) is 36.4 Å². The lowest BCUT2D eigenvalue weighted by Crippen LogP contribution is -2.30. The molecule has 1 N–H and O–H groups in total. The molecule has 7 heteroatoms. The van der Waals surface area contributed by atoms with Crippen LogP contribution in [0.25, 0.3) is 0 Å². The summed E-state index contributed by atoms with van der Waals surface area (Å²) >= 11 is 12.8. The zero-order valence-electron chi connectivity index (χ0n) is 17.1. The summed E-state index contributed by atoms with van der Waals surface area (Å²) < 4.78 is 5.90. The Balaban J connectivity index is 1.46. The maximum Gasteiger partial charge on any atom is 0.255 e. The predicted molar refractivity (Wildman–Crippen MR) is 127 cm³/mol. The van der Waals surface area contributed by atoms with Crippen LogP contribution in [0.15, 0.2) is 77.8 Å². The number of nitrogens with one attached hydrogen (secondary N) is 1. The fourth-order valence-electron chi connectivity index (χ4n) is 3.48. The van der Waals surface area contributed by atoms with Crippen LogP contribution >= 0.6 is 23.2 Å². The van der Waals surface area contributed by atoms with Gasteiger partial charge in [-0.2, -0.15) is 0 Å². The van der Waals surface area contributed by atoms with Gasteiger partial charge in [0.15, 0.2) is 17.4 Å². The maximum absolute atomic E-state index is 12.4. The minimum atomic E-state index is -0.273. The van der Waals surface area contributed by atoms with E-state index in [2.05, 4.69) is 10.3 Å². The lowest BCUT2D eigenvalue weighted by molar-refractivity contribution is -0.121. The number of nitrogens with zero attached hydrogens (tertiary/aromatic N) is 1. The van der Waals surface area contributed by atoms with E-state index in [4.69, 9.17) is 27.9 Å². The number of hydrogen-bond donors (Lipinski definition) is 1. The Morgan fingerprint density at radius 3 is 2.28 bits per heavy atom. The summed E-state index contributed by atoms with van der Waals surface area (Å²) in [7, 11) is 0. The average Bonchev–Trinajstić information content (AvgIpc) is 2.79. The summed E-state index contributed by atoms with van der Waals surface area (Å²) in [6.07, 6.45) is 0.987. The first kappa shape index (κ1) is 22.1. The van der Waals surface area contributed by atoms with Crippen LogP contribution in [-0.4, -0.2) is 24.1 Å². The third-order valence-corrected chi connectivity index (χ3v) is 5.69. The Labute approximate surface area is 196 Å².